The van der Waals surface area contributed by atoms with E-state index in [9.17, 15) is 5.11 Å². The van der Waals surface area contributed by atoms with Gasteiger partial charge in [0.25, 0.3) is 0 Å². The molecule has 192 valence electrons. The average Bonchev–Trinajstić information content (AvgIpc) is 3.14. The van der Waals surface area contributed by atoms with Crippen LogP contribution >= 0.6 is 0 Å². The number of fused-ring (bicyclic) bond motifs is 1. The number of ether oxygens (including phenoxy) is 1. The van der Waals surface area contributed by atoms with Crippen LogP contribution in [-0.4, -0.2) is 30.0 Å². The molecule has 3 fully saturated rings. The number of nitrogens with two attached hydrogens (primary N) is 1. The highest BCUT2D eigenvalue weighted by Crippen LogP contribution is 2.59. The zero-order valence-corrected chi connectivity index (χ0v) is 22.6. The Morgan fingerprint density at radius 2 is 1.94 bits per heavy atom. The fourth-order valence-electron chi connectivity index (χ4n) is 6.71. The van der Waals surface area contributed by atoms with Crippen molar-refractivity contribution in [2.24, 2.45) is 34.8 Å². The molecule has 3 rings (SSSR count). The molecule has 0 amide bonds. The Morgan fingerprint density at radius 1 is 1.18 bits per heavy atom. The highest BCUT2D eigenvalue weighted by atomic mass is 16.5. The summed E-state index contributed by atoms with van der Waals surface area (Å²) < 4.78 is 6.08. The second-order valence-corrected chi connectivity index (χ2v) is 12.2. The van der Waals surface area contributed by atoms with E-state index in [-0.39, 0.29) is 5.92 Å². The molecular weight excluding hydrogens is 418 g/mol. The lowest BCUT2D eigenvalue weighted by Crippen LogP contribution is -2.35. The van der Waals surface area contributed by atoms with Gasteiger partial charge in [0.05, 0.1) is 11.7 Å². The normalized spacial score (nSPS) is 34.7. The van der Waals surface area contributed by atoms with E-state index in [1.165, 1.54) is 43.3 Å². The molecule has 0 aliphatic heterocycles. The van der Waals surface area contributed by atoms with Crippen molar-refractivity contribution >= 4 is 0 Å². The van der Waals surface area contributed by atoms with Gasteiger partial charge in [-0.1, -0.05) is 62.8 Å². The van der Waals surface area contributed by atoms with Crippen molar-refractivity contribution in [3.8, 4) is 0 Å². The topological polar surface area (TPSA) is 55.5 Å². The van der Waals surface area contributed by atoms with E-state index in [4.69, 9.17) is 10.5 Å². The monoisotopic (exact) mass is 469 g/mol. The lowest BCUT2D eigenvalue weighted by Gasteiger charge is -2.44. The molecule has 3 nitrogen and oxygen atoms in total. The fraction of sp³-hybridized carbons (Fsp3) is 0.742. The first-order valence-electron chi connectivity index (χ1n) is 13.9. The number of aliphatic hydroxyl groups is 1. The van der Waals surface area contributed by atoms with Crippen molar-refractivity contribution in [3.05, 3.63) is 47.6 Å². The summed E-state index contributed by atoms with van der Waals surface area (Å²) in [4.78, 5) is 0. The largest absolute Gasteiger partial charge is 0.390 e. The first-order valence-corrected chi connectivity index (χ1v) is 13.9. The summed E-state index contributed by atoms with van der Waals surface area (Å²) in [6, 6.07) is 0. The highest BCUT2D eigenvalue weighted by molar-refractivity contribution is 5.36. The van der Waals surface area contributed by atoms with E-state index >= 15 is 0 Å². The summed E-state index contributed by atoms with van der Waals surface area (Å²) in [6.45, 7) is 16.7. The molecule has 3 saturated carbocycles. The Labute approximate surface area is 209 Å². The fourth-order valence-corrected chi connectivity index (χ4v) is 6.71. The maximum absolute atomic E-state index is 10.3. The summed E-state index contributed by atoms with van der Waals surface area (Å²) in [5, 5.41) is 10.3. The van der Waals surface area contributed by atoms with Crippen LogP contribution in [-0.2, 0) is 4.74 Å². The second kappa shape index (κ2) is 11.7. The molecule has 3 aliphatic carbocycles. The van der Waals surface area contributed by atoms with Gasteiger partial charge in [-0.2, -0.15) is 0 Å². The molecule has 0 aromatic rings. The summed E-state index contributed by atoms with van der Waals surface area (Å²) in [5.74, 6) is 2.12. The van der Waals surface area contributed by atoms with E-state index in [0.29, 0.717) is 35.8 Å². The van der Waals surface area contributed by atoms with E-state index in [2.05, 4.69) is 51.7 Å². The number of rotatable bonds is 9. The number of hydrogen-bond acceptors (Lipinski definition) is 3. The Hall–Kier alpha value is -1.16. The van der Waals surface area contributed by atoms with Gasteiger partial charge in [-0.05, 0) is 107 Å². The Balaban J connectivity index is 1.70. The van der Waals surface area contributed by atoms with Gasteiger partial charge in [0.2, 0.25) is 0 Å². The first kappa shape index (κ1) is 27.4. The molecule has 6 atom stereocenters. The highest BCUT2D eigenvalue weighted by Gasteiger charge is 2.50. The van der Waals surface area contributed by atoms with Crippen LogP contribution in [0.2, 0.25) is 0 Å². The van der Waals surface area contributed by atoms with Crippen LogP contribution in [0.1, 0.15) is 92.4 Å². The molecule has 0 aromatic carbocycles. The van der Waals surface area contributed by atoms with Crippen LogP contribution in [0.5, 0.6) is 0 Å². The zero-order chi connectivity index (χ0) is 24.9. The molecule has 3 N–H and O–H groups in total. The molecule has 0 bridgehead atoms. The van der Waals surface area contributed by atoms with Gasteiger partial charge >= 0.3 is 0 Å². The van der Waals surface area contributed by atoms with Crippen molar-refractivity contribution in [1.29, 1.82) is 0 Å². The first-order chi connectivity index (χ1) is 16.1. The van der Waals surface area contributed by atoms with E-state index in [1.807, 2.05) is 13.8 Å². The predicted octanol–water partition coefficient (Wildman–Crippen LogP) is 7.13. The molecule has 0 aromatic heterocycles. The smallest absolute Gasteiger partial charge is 0.0651 e. The van der Waals surface area contributed by atoms with Gasteiger partial charge in [0, 0.05) is 12.5 Å². The van der Waals surface area contributed by atoms with Crippen molar-refractivity contribution in [3.63, 3.8) is 0 Å². The van der Waals surface area contributed by atoms with Gasteiger partial charge in [0.1, 0.15) is 0 Å². The Bertz CT molecular complexity index is 786. The maximum atomic E-state index is 10.3. The third kappa shape index (κ3) is 6.53. The molecule has 1 unspecified atom stereocenters. The molecular formula is C31H51NO2. The van der Waals surface area contributed by atoms with Gasteiger partial charge in [0.15, 0.2) is 0 Å². The van der Waals surface area contributed by atoms with E-state index < -0.39 is 5.60 Å². The lowest BCUT2D eigenvalue weighted by atomic mass is 9.61. The second-order valence-electron chi connectivity index (χ2n) is 12.2. The van der Waals surface area contributed by atoms with Gasteiger partial charge in [-0.3, -0.25) is 0 Å². The number of hydrogen-bond donors (Lipinski definition) is 2. The number of allylic oxidation sites excluding steroid dienone is 5. The van der Waals surface area contributed by atoms with Gasteiger partial charge < -0.3 is 15.6 Å². The molecule has 0 radical (unpaired) electrons. The molecule has 3 aliphatic rings. The van der Waals surface area contributed by atoms with Gasteiger partial charge in [-0.25, -0.2) is 0 Å². The van der Waals surface area contributed by atoms with Crippen LogP contribution in [0.4, 0.5) is 0 Å². The molecule has 0 saturated heterocycles. The van der Waals surface area contributed by atoms with Crippen LogP contribution < -0.4 is 5.73 Å². The van der Waals surface area contributed by atoms with Crippen LogP contribution in [0.15, 0.2) is 47.6 Å². The third-order valence-corrected chi connectivity index (χ3v) is 9.36. The summed E-state index contributed by atoms with van der Waals surface area (Å²) in [7, 11) is 0. The van der Waals surface area contributed by atoms with Crippen LogP contribution in [0.25, 0.3) is 0 Å². The molecule has 0 heterocycles. The van der Waals surface area contributed by atoms with E-state index in [1.54, 1.807) is 5.57 Å². The zero-order valence-electron chi connectivity index (χ0n) is 22.6. The van der Waals surface area contributed by atoms with Gasteiger partial charge in [-0.15, -0.1) is 0 Å². The van der Waals surface area contributed by atoms with Crippen molar-refractivity contribution < 1.29 is 9.84 Å². The van der Waals surface area contributed by atoms with Crippen molar-refractivity contribution in [2.45, 2.75) is 104 Å². The van der Waals surface area contributed by atoms with Crippen molar-refractivity contribution in [2.75, 3.05) is 13.2 Å². The standard InChI is InChI=1S/C31H51NO2/c1-22-11-15-27(34-20-8-19-32)21-26(22)14-13-25-9-7-18-31(6)28(16-17-29(25)31)23(2)10-12-24(3)30(4,5)33/h10,12-14,23-24,27-29,33H,1,7-9,11,15-21,32H2,2-6H3/b12-10+,25-13+,26-14-/t23-,24+,27+,28-,29?,31-/m1/s1. The van der Waals surface area contributed by atoms with E-state index in [0.717, 1.165) is 32.3 Å². The van der Waals surface area contributed by atoms with Crippen LogP contribution in [0, 0.1) is 29.1 Å². The Morgan fingerprint density at radius 3 is 2.65 bits per heavy atom. The molecule has 3 heteroatoms. The minimum Gasteiger partial charge on any atom is -0.390 e. The summed E-state index contributed by atoms with van der Waals surface area (Å²) in [6.07, 6.45) is 20.3. The average molecular weight is 470 g/mol. The molecule has 34 heavy (non-hydrogen) atoms. The van der Waals surface area contributed by atoms with Crippen LogP contribution in [0.3, 0.4) is 0 Å². The third-order valence-electron chi connectivity index (χ3n) is 9.36. The molecule has 0 spiro atoms. The minimum atomic E-state index is -0.663. The summed E-state index contributed by atoms with van der Waals surface area (Å²) in [5.41, 5.74) is 9.67. The lowest BCUT2D eigenvalue weighted by molar-refractivity contribution is 0.0433. The SMILES string of the molecule is C=C1CC[C@H](OCCCN)C/C1=C/C=C1\CCC[C@@]2(C)C1CC[C@@H]2[C@H](C)/C=C/[C@H](C)C(C)(C)O. The quantitative estimate of drug-likeness (QED) is 0.279. The van der Waals surface area contributed by atoms with Crippen molar-refractivity contribution in [1.82, 2.24) is 0 Å². The predicted molar refractivity (Wildman–Crippen MR) is 145 cm³/mol. The minimum absolute atomic E-state index is 0.167. The maximum Gasteiger partial charge on any atom is 0.0651 e. The summed E-state index contributed by atoms with van der Waals surface area (Å²) >= 11 is 0. The Kier molecular flexibility index (Phi) is 9.45.